The van der Waals surface area contributed by atoms with Crippen molar-refractivity contribution in [3.05, 3.63) is 41.7 Å². The zero-order valence-corrected chi connectivity index (χ0v) is 14.3. The van der Waals surface area contributed by atoms with E-state index < -0.39 is 0 Å². The van der Waals surface area contributed by atoms with Crippen LogP contribution in [0, 0.1) is 0 Å². The topological polar surface area (TPSA) is 56.1 Å². The Morgan fingerprint density at radius 2 is 2.00 bits per heavy atom. The average Bonchev–Trinajstić information content (AvgIpc) is 3.14. The van der Waals surface area contributed by atoms with Crippen LogP contribution in [0.5, 0.6) is 0 Å². The van der Waals surface area contributed by atoms with E-state index in [0.717, 1.165) is 31.9 Å². The summed E-state index contributed by atoms with van der Waals surface area (Å²) in [5, 5.41) is 8.85. The number of nitrogens with zero attached hydrogens (tertiary/aromatic N) is 5. The van der Waals surface area contributed by atoms with Gasteiger partial charge in [-0.1, -0.05) is 6.42 Å². The Bertz CT molecular complexity index is 667. The van der Waals surface area contributed by atoms with Gasteiger partial charge in [0.1, 0.15) is 11.6 Å². The molecule has 0 aromatic carbocycles. The van der Waals surface area contributed by atoms with E-state index in [1.54, 1.807) is 0 Å². The zero-order chi connectivity index (χ0) is 16.4. The Hall–Kier alpha value is -1.79. The van der Waals surface area contributed by atoms with E-state index >= 15 is 0 Å². The Morgan fingerprint density at radius 1 is 1.17 bits per heavy atom. The molecule has 1 atom stereocenters. The summed E-state index contributed by atoms with van der Waals surface area (Å²) in [4.78, 5) is 6.46. The molecule has 0 radical (unpaired) electrons. The van der Waals surface area contributed by atoms with Gasteiger partial charge in [-0.25, -0.2) is 0 Å². The maximum absolute atomic E-state index is 6.04. The van der Waals surface area contributed by atoms with Crippen LogP contribution in [0.15, 0.2) is 24.5 Å². The highest BCUT2D eigenvalue weighted by Gasteiger charge is 2.28. The molecule has 6 nitrogen and oxygen atoms in total. The Labute approximate surface area is 142 Å². The summed E-state index contributed by atoms with van der Waals surface area (Å²) in [6.07, 6.45) is 8.87. The van der Waals surface area contributed by atoms with Crippen molar-refractivity contribution < 1.29 is 4.74 Å². The Balaban J connectivity index is 1.28. The van der Waals surface area contributed by atoms with E-state index in [4.69, 9.17) is 4.74 Å². The molecule has 1 saturated carbocycles. The van der Waals surface area contributed by atoms with E-state index in [-0.39, 0.29) is 0 Å². The first-order valence-corrected chi connectivity index (χ1v) is 8.90. The molecule has 4 rings (SSSR count). The molecular weight excluding hydrogens is 302 g/mol. The lowest BCUT2D eigenvalue weighted by Gasteiger charge is -2.24. The SMILES string of the molecule is Cn1c(CN2CCC(OCc3ccncc3)C2)nnc1C1CCC1. The predicted molar refractivity (Wildman–Crippen MR) is 90.3 cm³/mol. The van der Waals surface area contributed by atoms with Crippen molar-refractivity contribution in [2.24, 2.45) is 7.05 Å². The Morgan fingerprint density at radius 3 is 2.75 bits per heavy atom. The maximum Gasteiger partial charge on any atom is 0.146 e. The molecule has 2 aromatic heterocycles. The molecule has 1 unspecified atom stereocenters. The van der Waals surface area contributed by atoms with Crippen LogP contribution in [0.25, 0.3) is 0 Å². The minimum absolute atomic E-state index is 0.303. The van der Waals surface area contributed by atoms with Crippen molar-refractivity contribution in [2.75, 3.05) is 13.1 Å². The first-order chi connectivity index (χ1) is 11.8. The second-order valence-corrected chi connectivity index (χ2v) is 6.97. The molecule has 2 aromatic rings. The van der Waals surface area contributed by atoms with E-state index in [0.29, 0.717) is 18.6 Å². The molecule has 2 fully saturated rings. The van der Waals surface area contributed by atoms with Crippen LogP contribution in [0.1, 0.15) is 48.8 Å². The summed E-state index contributed by atoms with van der Waals surface area (Å²) in [6, 6.07) is 4.02. The summed E-state index contributed by atoms with van der Waals surface area (Å²) < 4.78 is 8.25. The summed E-state index contributed by atoms with van der Waals surface area (Å²) >= 11 is 0. The molecule has 1 aliphatic heterocycles. The van der Waals surface area contributed by atoms with E-state index in [9.17, 15) is 0 Å². The van der Waals surface area contributed by atoms with Gasteiger partial charge in [0.25, 0.3) is 0 Å². The molecule has 1 saturated heterocycles. The molecule has 1 aliphatic carbocycles. The average molecular weight is 327 g/mol. The monoisotopic (exact) mass is 327 g/mol. The van der Waals surface area contributed by atoms with Crippen molar-refractivity contribution in [2.45, 2.75) is 50.9 Å². The van der Waals surface area contributed by atoms with Gasteiger partial charge in [-0.15, -0.1) is 10.2 Å². The fraction of sp³-hybridized carbons (Fsp3) is 0.611. The van der Waals surface area contributed by atoms with Gasteiger partial charge in [0.15, 0.2) is 0 Å². The lowest BCUT2D eigenvalue weighted by molar-refractivity contribution is 0.0459. The van der Waals surface area contributed by atoms with Gasteiger partial charge < -0.3 is 9.30 Å². The van der Waals surface area contributed by atoms with Gasteiger partial charge >= 0.3 is 0 Å². The fourth-order valence-corrected chi connectivity index (χ4v) is 3.50. The number of pyridine rings is 1. The molecule has 128 valence electrons. The number of hydrogen-bond acceptors (Lipinski definition) is 5. The standard InChI is InChI=1S/C18H25N5O/c1-22-17(20-21-18(22)15-3-2-4-15)12-23-10-7-16(11-23)24-13-14-5-8-19-9-6-14/h5-6,8-9,15-16H,2-4,7,10-13H2,1H3. The molecule has 6 heteroatoms. The summed E-state index contributed by atoms with van der Waals surface area (Å²) in [7, 11) is 2.11. The number of ether oxygens (including phenoxy) is 1. The molecule has 0 spiro atoms. The summed E-state index contributed by atoms with van der Waals surface area (Å²) in [6.45, 7) is 3.56. The largest absolute Gasteiger partial charge is 0.372 e. The van der Waals surface area contributed by atoms with E-state index in [2.05, 4.69) is 31.7 Å². The smallest absolute Gasteiger partial charge is 0.146 e. The zero-order valence-electron chi connectivity index (χ0n) is 14.3. The van der Waals surface area contributed by atoms with Crippen molar-refractivity contribution in [1.29, 1.82) is 0 Å². The Kier molecular flexibility index (Phi) is 4.58. The normalized spacial score (nSPS) is 22.0. The first kappa shape index (κ1) is 15.7. The number of hydrogen-bond donors (Lipinski definition) is 0. The summed E-state index contributed by atoms with van der Waals surface area (Å²) in [5.74, 6) is 2.87. The second kappa shape index (κ2) is 6.99. The lowest BCUT2D eigenvalue weighted by atomic mass is 9.85. The van der Waals surface area contributed by atoms with Crippen LogP contribution >= 0.6 is 0 Å². The van der Waals surface area contributed by atoms with Crippen molar-refractivity contribution in [3.8, 4) is 0 Å². The third kappa shape index (κ3) is 3.35. The third-order valence-electron chi connectivity index (χ3n) is 5.30. The van der Waals surface area contributed by atoms with Gasteiger partial charge in [-0.3, -0.25) is 9.88 Å². The van der Waals surface area contributed by atoms with Crippen molar-refractivity contribution in [1.82, 2.24) is 24.6 Å². The van der Waals surface area contributed by atoms with Crippen LogP contribution in [-0.2, 0) is 24.9 Å². The van der Waals surface area contributed by atoms with E-state index in [1.165, 1.54) is 30.7 Å². The minimum atomic E-state index is 0.303. The molecule has 0 N–H and O–H groups in total. The van der Waals surface area contributed by atoms with E-state index in [1.807, 2.05) is 24.5 Å². The van der Waals surface area contributed by atoms with Crippen molar-refractivity contribution >= 4 is 0 Å². The van der Waals surface area contributed by atoms with Gasteiger partial charge in [-0.2, -0.15) is 0 Å². The van der Waals surface area contributed by atoms with Crippen LogP contribution < -0.4 is 0 Å². The van der Waals surface area contributed by atoms with Crippen LogP contribution in [0.2, 0.25) is 0 Å². The lowest BCUT2D eigenvalue weighted by Crippen LogP contribution is -2.25. The molecule has 0 amide bonds. The highest BCUT2D eigenvalue weighted by molar-refractivity contribution is 5.08. The maximum atomic E-state index is 6.04. The predicted octanol–water partition coefficient (Wildman–Crippen LogP) is 2.27. The van der Waals surface area contributed by atoms with Crippen LogP contribution in [0.3, 0.4) is 0 Å². The van der Waals surface area contributed by atoms with Crippen molar-refractivity contribution in [3.63, 3.8) is 0 Å². The van der Waals surface area contributed by atoms with Gasteiger partial charge in [-0.05, 0) is 37.0 Å². The molecular formula is C18H25N5O. The second-order valence-electron chi connectivity index (χ2n) is 6.97. The fourth-order valence-electron chi connectivity index (χ4n) is 3.50. The molecule has 2 aliphatic rings. The highest BCUT2D eigenvalue weighted by atomic mass is 16.5. The molecule has 0 bridgehead atoms. The van der Waals surface area contributed by atoms with Gasteiger partial charge in [0, 0.05) is 38.4 Å². The highest BCUT2D eigenvalue weighted by Crippen LogP contribution is 2.35. The van der Waals surface area contributed by atoms with Crippen LogP contribution in [0.4, 0.5) is 0 Å². The van der Waals surface area contributed by atoms with Gasteiger partial charge in [0.05, 0.1) is 19.3 Å². The third-order valence-corrected chi connectivity index (χ3v) is 5.30. The van der Waals surface area contributed by atoms with Crippen LogP contribution in [-0.4, -0.2) is 43.8 Å². The first-order valence-electron chi connectivity index (χ1n) is 8.90. The number of rotatable bonds is 6. The number of likely N-dealkylation sites (tertiary alicyclic amines) is 1. The molecule has 24 heavy (non-hydrogen) atoms. The minimum Gasteiger partial charge on any atom is -0.372 e. The van der Waals surface area contributed by atoms with Gasteiger partial charge in [0.2, 0.25) is 0 Å². The quantitative estimate of drug-likeness (QED) is 0.814. The molecule has 3 heterocycles. The number of aromatic nitrogens is 4. The summed E-state index contributed by atoms with van der Waals surface area (Å²) in [5.41, 5.74) is 1.18.